The van der Waals surface area contributed by atoms with Crippen molar-refractivity contribution in [2.45, 2.75) is 19.9 Å². The van der Waals surface area contributed by atoms with Gasteiger partial charge in [0, 0.05) is 11.9 Å². The molecule has 0 aliphatic rings. The molecule has 17 heavy (non-hydrogen) atoms. The summed E-state index contributed by atoms with van der Waals surface area (Å²) in [5, 5.41) is 5.86. The minimum absolute atomic E-state index is 0.711. The fourth-order valence-electron chi connectivity index (χ4n) is 1.48. The number of nitrogens with zero attached hydrogens (tertiary/aromatic N) is 1. The van der Waals surface area contributed by atoms with Crippen molar-refractivity contribution >= 4 is 11.3 Å². The minimum Gasteiger partial charge on any atom is -0.431 e. The number of hydrogen-bond donors (Lipinski definition) is 1. The maximum atomic E-state index is 5.68. The van der Waals surface area contributed by atoms with Crippen molar-refractivity contribution in [1.82, 2.24) is 10.3 Å². The van der Waals surface area contributed by atoms with Gasteiger partial charge in [-0.25, -0.2) is 4.98 Å². The highest BCUT2D eigenvalue weighted by Crippen LogP contribution is 2.25. The first-order chi connectivity index (χ1) is 8.31. The summed E-state index contributed by atoms with van der Waals surface area (Å²) in [7, 11) is 1.94. The topological polar surface area (TPSA) is 34.1 Å². The van der Waals surface area contributed by atoms with Crippen LogP contribution in [-0.2, 0) is 13.0 Å². The van der Waals surface area contributed by atoms with E-state index in [1.165, 1.54) is 16.9 Å². The molecule has 90 valence electrons. The maximum Gasteiger partial charge on any atom is 0.278 e. The van der Waals surface area contributed by atoms with Crippen molar-refractivity contribution in [1.29, 1.82) is 0 Å². The van der Waals surface area contributed by atoms with E-state index in [-0.39, 0.29) is 0 Å². The smallest absolute Gasteiger partial charge is 0.278 e. The van der Waals surface area contributed by atoms with Gasteiger partial charge in [-0.15, -0.1) is 0 Å². The van der Waals surface area contributed by atoms with E-state index in [1.54, 1.807) is 0 Å². The molecule has 1 aromatic heterocycles. The average molecular weight is 248 g/mol. The highest BCUT2D eigenvalue weighted by molar-refractivity contribution is 7.11. The highest BCUT2D eigenvalue weighted by Gasteiger charge is 2.02. The minimum atomic E-state index is 0.711. The van der Waals surface area contributed by atoms with Gasteiger partial charge in [0.25, 0.3) is 5.19 Å². The van der Waals surface area contributed by atoms with Crippen molar-refractivity contribution in [3.05, 3.63) is 40.9 Å². The quantitative estimate of drug-likeness (QED) is 0.882. The lowest BCUT2D eigenvalue weighted by atomic mass is 10.2. The number of thiazole rings is 1. The molecule has 0 radical (unpaired) electrons. The second kappa shape index (κ2) is 5.80. The van der Waals surface area contributed by atoms with Crippen molar-refractivity contribution in [3.63, 3.8) is 0 Å². The van der Waals surface area contributed by atoms with E-state index < -0.39 is 0 Å². The Morgan fingerprint density at radius 1 is 1.29 bits per heavy atom. The van der Waals surface area contributed by atoms with Crippen LogP contribution in [0.5, 0.6) is 10.9 Å². The van der Waals surface area contributed by atoms with E-state index in [4.69, 9.17) is 4.74 Å². The number of benzene rings is 1. The van der Waals surface area contributed by atoms with Crippen LogP contribution in [0.2, 0.25) is 0 Å². The zero-order valence-corrected chi connectivity index (χ0v) is 10.9. The lowest BCUT2D eigenvalue weighted by Gasteiger charge is -2.03. The predicted molar refractivity (Wildman–Crippen MR) is 70.8 cm³/mol. The summed E-state index contributed by atoms with van der Waals surface area (Å²) >= 11 is 1.54. The second-order valence-electron chi connectivity index (χ2n) is 3.73. The van der Waals surface area contributed by atoms with Gasteiger partial charge in [-0.3, -0.25) is 0 Å². The van der Waals surface area contributed by atoms with Crippen LogP contribution in [0, 0.1) is 0 Å². The van der Waals surface area contributed by atoms with Crippen molar-refractivity contribution in [2.75, 3.05) is 7.05 Å². The van der Waals surface area contributed by atoms with Gasteiger partial charge in [-0.05, 0) is 31.2 Å². The first-order valence-electron chi connectivity index (χ1n) is 5.67. The molecule has 0 atom stereocenters. The summed E-state index contributed by atoms with van der Waals surface area (Å²) in [5.74, 6) is 0.835. The molecule has 1 heterocycles. The first-order valence-corrected chi connectivity index (χ1v) is 6.55. The van der Waals surface area contributed by atoms with Crippen molar-refractivity contribution < 1.29 is 4.74 Å². The van der Waals surface area contributed by atoms with Crippen LogP contribution in [0.25, 0.3) is 0 Å². The summed E-state index contributed by atoms with van der Waals surface area (Å²) in [6.45, 7) is 2.96. The number of aryl methyl sites for hydroxylation is 1. The number of aromatic nitrogens is 1. The summed E-state index contributed by atoms with van der Waals surface area (Å²) in [6, 6.07) is 8.06. The summed E-state index contributed by atoms with van der Waals surface area (Å²) in [4.78, 5) is 4.37. The van der Waals surface area contributed by atoms with Crippen LogP contribution < -0.4 is 10.1 Å². The van der Waals surface area contributed by atoms with Gasteiger partial charge in [0.2, 0.25) is 0 Å². The fourth-order valence-corrected chi connectivity index (χ4v) is 2.25. The Kier molecular flexibility index (Phi) is 4.12. The maximum absolute atomic E-state index is 5.68. The molecule has 0 saturated heterocycles. The van der Waals surface area contributed by atoms with Crippen molar-refractivity contribution in [2.24, 2.45) is 0 Å². The van der Waals surface area contributed by atoms with E-state index in [2.05, 4.69) is 29.4 Å². The summed E-state index contributed by atoms with van der Waals surface area (Å²) in [5.41, 5.74) is 2.32. The molecular weight excluding hydrogens is 232 g/mol. The largest absolute Gasteiger partial charge is 0.431 e. The van der Waals surface area contributed by atoms with Gasteiger partial charge in [-0.2, -0.15) is 0 Å². The third kappa shape index (κ3) is 3.28. The van der Waals surface area contributed by atoms with Gasteiger partial charge in [-0.1, -0.05) is 30.4 Å². The standard InChI is InChI=1S/C13H16N2OS/c1-3-11-9-17-13(15-11)16-12-6-4-10(5-7-12)8-14-2/h4-7,9,14H,3,8H2,1-2H3. The van der Waals surface area contributed by atoms with Crippen molar-refractivity contribution in [3.8, 4) is 10.9 Å². The Morgan fingerprint density at radius 2 is 2.06 bits per heavy atom. The zero-order chi connectivity index (χ0) is 12.1. The Balaban J connectivity index is 2.03. The normalized spacial score (nSPS) is 10.5. The summed E-state index contributed by atoms with van der Waals surface area (Å²) < 4.78 is 5.68. The first kappa shape index (κ1) is 12.1. The third-order valence-corrected chi connectivity index (χ3v) is 3.17. The molecular formula is C13H16N2OS. The molecule has 3 nitrogen and oxygen atoms in total. The molecule has 4 heteroatoms. The zero-order valence-electron chi connectivity index (χ0n) is 10.1. The number of nitrogens with one attached hydrogen (secondary N) is 1. The molecule has 0 bridgehead atoms. The molecule has 0 unspecified atom stereocenters. The van der Waals surface area contributed by atoms with E-state index >= 15 is 0 Å². The molecule has 0 saturated carbocycles. The monoisotopic (exact) mass is 248 g/mol. The predicted octanol–water partition coefficient (Wildman–Crippen LogP) is 3.22. The average Bonchev–Trinajstić information content (AvgIpc) is 2.80. The fraction of sp³-hybridized carbons (Fsp3) is 0.308. The molecule has 0 fully saturated rings. The molecule has 0 aliphatic carbocycles. The molecule has 1 N–H and O–H groups in total. The second-order valence-corrected chi connectivity index (χ2v) is 4.56. The Hall–Kier alpha value is -1.39. The lowest BCUT2D eigenvalue weighted by molar-refractivity contribution is 0.477. The Morgan fingerprint density at radius 3 is 2.65 bits per heavy atom. The Bertz CT molecular complexity index is 465. The van der Waals surface area contributed by atoms with E-state index in [0.717, 1.165) is 24.4 Å². The van der Waals surface area contributed by atoms with E-state index in [0.29, 0.717) is 5.19 Å². The molecule has 0 spiro atoms. The van der Waals surface area contributed by atoms with Crippen LogP contribution in [0.4, 0.5) is 0 Å². The van der Waals surface area contributed by atoms with Crippen LogP contribution in [0.3, 0.4) is 0 Å². The third-order valence-electron chi connectivity index (χ3n) is 2.40. The van der Waals surface area contributed by atoms with Crippen LogP contribution in [-0.4, -0.2) is 12.0 Å². The van der Waals surface area contributed by atoms with E-state index in [9.17, 15) is 0 Å². The van der Waals surface area contributed by atoms with Gasteiger partial charge in [0.15, 0.2) is 0 Å². The van der Waals surface area contributed by atoms with Gasteiger partial charge < -0.3 is 10.1 Å². The molecule has 0 amide bonds. The van der Waals surface area contributed by atoms with Gasteiger partial charge in [0.1, 0.15) is 5.75 Å². The van der Waals surface area contributed by atoms with Crippen LogP contribution in [0.15, 0.2) is 29.6 Å². The molecule has 0 aliphatic heterocycles. The molecule has 1 aromatic carbocycles. The van der Waals surface area contributed by atoms with Crippen LogP contribution in [0.1, 0.15) is 18.2 Å². The number of rotatable bonds is 5. The SMILES string of the molecule is CCc1csc(Oc2ccc(CNC)cc2)n1. The van der Waals surface area contributed by atoms with E-state index in [1.807, 2.05) is 24.6 Å². The summed E-state index contributed by atoms with van der Waals surface area (Å²) in [6.07, 6.45) is 0.945. The lowest BCUT2D eigenvalue weighted by Crippen LogP contribution is -2.04. The van der Waals surface area contributed by atoms with Gasteiger partial charge >= 0.3 is 0 Å². The molecule has 2 rings (SSSR count). The highest BCUT2D eigenvalue weighted by atomic mass is 32.1. The van der Waals surface area contributed by atoms with Gasteiger partial charge in [0.05, 0.1) is 5.69 Å². The Labute approximate surface area is 105 Å². The number of ether oxygens (including phenoxy) is 1. The molecule has 2 aromatic rings. The number of hydrogen-bond acceptors (Lipinski definition) is 4. The van der Waals surface area contributed by atoms with Crippen LogP contribution >= 0.6 is 11.3 Å².